The fourth-order valence-electron chi connectivity index (χ4n) is 3.27. The molecule has 6 heteroatoms. The number of hydrogen-bond donors (Lipinski definition) is 0. The van der Waals surface area contributed by atoms with Crippen LogP contribution in [0.3, 0.4) is 0 Å². The van der Waals surface area contributed by atoms with Crippen LogP contribution < -0.4 is 0 Å². The largest absolute Gasteiger partial charge is 0.293 e. The van der Waals surface area contributed by atoms with E-state index in [2.05, 4.69) is 29.0 Å². The molecule has 2 heterocycles. The molecule has 146 valence electrons. The maximum Gasteiger partial charge on any atom is 0.173 e. The van der Waals surface area contributed by atoms with Crippen LogP contribution in [0.25, 0.3) is 21.3 Å². The van der Waals surface area contributed by atoms with Gasteiger partial charge in [-0.2, -0.15) is 0 Å². The molecule has 0 atom stereocenters. The first-order valence-corrected chi connectivity index (χ1v) is 11.0. The predicted molar refractivity (Wildman–Crippen MR) is 119 cm³/mol. The van der Waals surface area contributed by atoms with Crippen molar-refractivity contribution in [2.75, 3.05) is 5.75 Å². The van der Waals surface area contributed by atoms with Gasteiger partial charge in [0.25, 0.3) is 0 Å². The Morgan fingerprint density at radius 3 is 2.55 bits per heavy atom. The van der Waals surface area contributed by atoms with Gasteiger partial charge in [0.05, 0.1) is 11.1 Å². The number of halogens is 1. The van der Waals surface area contributed by atoms with Crippen molar-refractivity contribution in [3.8, 4) is 11.1 Å². The first-order valence-electron chi connectivity index (χ1n) is 9.19. The van der Waals surface area contributed by atoms with Gasteiger partial charge in [-0.1, -0.05) is 42.1 Å². The number of thioether (sulfide) groups is 1. The summed E-state index contributed by atoms with van der Waals surface area (Å²) in [5, 5.41) is 1.81. The second kappa shape index (κ2) is 8.05. The normalized spacial score (nSPS) is 11.2. The van der Waals surface area contributed by atoms with E-state index in [1.165, 1.54) is 28.8 Å². The van der Waals surface area contributed by atoms with Crippen molar-refractivity contribution in [2.45, 2.75) is 25.8 Å². The van der Waals surface area contributed by atoms with Gasteiger partial charge in [0.15, 0.2) is 5.78 Å². The molecule has 29 heavy (non-hydrogen) atoms. The monoisotopic (exact) mass is 422 g/mol. The molecule has 0 amide bonds. The summed E-state index contributed by atoms with van der Waals surface area (Å²) in [7, 11) is 0. The molecule has 0 aliphatic rings. The molecule has 0 bridgehead atoms. The maximum absolute atomic E-state index is 13.5. The molecule has 0 aliphatic carbocycles. The Labute approximate surface area is 177 Å². The highest BCUT2D eigenvalue weighted by Gasteiger charge is 2.19. The number of carbonyl (C=O) groups is 1. The van der Waals surface area contributed by atoms with Crippen molar-refractivity contribution >= 4 is 39.1 Å². The van der Waals surface area contributed by atoms with Gasteiger partial charge in [-0.15, -0.1) is 11.3 Å². The molecule has 0 radical (unpaired) electrons. The van der Waals surface area contributed by atoms with Crippen molar-refractivity contribution in [3.05, 3.63) is 76.2 Å². The fraction of sp³-hybridized carbons (Fsp3) is 0.174. The summed E-state index contributed by atoms with van der Waals surface area (Å²) in [6.45, 7) is 5.62. The molecule has 0 unspecified atom stereocenters. The number of carbonyl (C=O) groups excluding carboxylic acids is 1. The Kier molecular flexibility index (Phi) is 5.48. The average Bonchev–Trinajstić information content (AvgIpc) is 3.04. The number of aryl methyl sites for hydroxylation is 3. The second-order valence-corrected chi connectivity index (χ2v) is 9.00. The van der Waals surface area contributed by atoms with Gasteiger partial charge in [0.2, 0.25) is 0 Å². The van der Waals surface area contributed by atoms with Crippen LogP contribution in [0.4, 0.5) is 4.39 Å². The number of benzene rings is 2. The second-order valence-electron chi connectivity index (χ2n) is 6.83. The van der Waals surface area contributed by atoms with E-state index in [4.69, 9.17) is 0 Å². The molecule has 0 spiro atoms. The van der Waals surface area contributed by atoms with E-state index in [9.17, 15) is 9.18 Å². The van der Waals surface area contributed by atoms with Gasteiger partial charge in [-0.25, -0.2) is 14.4 Å². The van der Waals surface area contributed by atoms with Gasteiger partial charge < -0.3 is 0 Å². The number of Topliss-reactive ketones (excluding diaryl/α,β-unsaturated/α-hetero) is 1. The highest BCUT2D eigenvalue weighted by molar-refractivity contribution is 8.00. The molecule has 2 aromatic carbocycles. The quantitative estimate of drug-likeness (QED) is 0.212. The van der Waals surface area contributed by atoms with Crippen LogP contribution in [-0.2, 0) is 0 Å². The molecule has 0 fully saturated rings. The van der Waals surface area contributed by atoms with Gasteiger partial charge in [0, 0.05) is 16.0 Å². The van der Waals surface area contributed by atoms with E-state index in [0.717, 1.165) is 26.4 Å². The third kappa shape index (κ3) is 3.95. The summed E-state index contributed by atoms with van der Waals surface area (Å²) in [5.74, 6) is 0.574. The molecule has 2 aromatic heterocycles. The summed E-state index contributed by atoms with van der Waals surface area (Å²) < 4.78 is 13.5. The number of thiophene rings is 1. The lowest BCUT2D eigenvalue weighted by molar-refractivity contribution is 0.102. The predicted octanol–water partition coefficient (Wildman–Crippen LogP) is 6.40. The summed E-state index contributed by atoms with van der Waals surface area (Å²) in [6, 6.07) is 14.7. The van der Waals surface area contributed by atoms with E-state index in [0.29, 0.717) is 17.0 Å². The summed E-state index contributed by atoms with van der Waals surface area (Å²) >= 11 is 3.06. The minimum atomic E-state index is -0.302. The van der Waals surface area contributed by atoms with Crippen molar-refractivity contribution < 1.29 is 9.18 Å². The number of nitrogens with zero attached hydrogens (tertiary/aromatic N) is 2. The zero-order valence-electron chi connectivity index (χ0n) is 16.3. The minimum absolute atomic E-state index is 0.0456. The van der Waals surface area contributed by atoms with Crippen LogP contribution in [-0.4, -0.2) is 21.5 Å². The number of ketones is 1. The van der Waals surface area contributed by atoms with Crippen LogP contribution in [0.5, 0.6) is 0 Å². The minimum Gasteiger partial charge on any atom is -0.293 e. The van der Waals surface area contributed by atoms with Crippen molar-refractivity contribution in [1.82, 2.24) is 9.97 Å². The standard InChI is InChI=1S/C23H19FN2OS2/c1-13-11-17(9-10-18(13)24)19(27)12-28-22-21-20(16-7-5-4-6-8-16)14(2)29-23(21)26-15(3)25-22/h4-11H,12H2,1-3H3. The lowest BCUT2D eigenvalue weighted by Crippen LogP contribution is -2.04. The topological polar surface area (TPSA) is 42.9 Å². The van der Waals surface area contributed by atoms with Crippen LogP contribution >= 0.6 is 23.1 Å². The molecule has 4 aromatic rings. The molecule has 0 N–H and O–H groups in total. The van der Waals surface area contributed by atoms with Crippen LogP contribution in [0, 0.1) is 26.6 Å². The molecule has 0 saturated heterocycles. The third-order valence-electron chi connectivity index (χ3n) is 4.69. The van der Waals surface area contributed by atoms with Crippen molar-refractivity contribution in [1.29, 1.82) is 0 Å². The van der Waals surface area contributed by atoms with Crippen molar-refractivity contribution in [3.63, 3.8) is 0 Å². The van der Waals surface area contributed by atoms with Crippen LogP contribution in [0.2, 0.25) is 0 Å². The lowest BCUT2D eigenvalue weighted by Gasteiger charge is -2.08. The smallest absolute Gasteiger partial charge is 0.173 e. The third-order valence-corrected chi connectivity index (χ3v) is 6.66. The molecule has 3 nitrogen and oxygen atoms in total. The zero-order chi connectivity index (χ0) is 20.5. The summed E-state index contributed by atoms with van der Waals surface area (Å²) in [5.41, 5.74) is 3.23. The number of aromatic nitrogens is 2. The number of fused-ring (bicyclic) bond motifs is 1. The van der Waals surface area contributed by atoms with Crippen LogP contribution in [0.15, 0.2) is 53.6 Å². The van der Waals surface area contributed by atoms with Gasteiger partial charge >= 0.3 is 0 Å². The fourth-order valence-corrected chi connectivity index (χ4v) is 5.40. The Hall–Kier alpha value is -2.57. The number of rotatable bonds is 5. The molecular weight excluding hydrogens is 403 g/mol. The first kappa shape index (κ1) is 19.7. The number of hydrogen-bond acceptors (Lipinski definition) is 5. The molecule has 0 aliphatic heterocycles. The molecule has 0 saturated carbocycles. The van der Waals surface area contributed by atoms with Gasteiger partial charge in [-0.05, 0) is 50.1 Å². The average molecular weight is 423 g/mol. The Bertz CT molecular complexity index is 1220. The Morgan fingerprint density at radius 1 is 1.07 bits per heavy atom. The summed E-state index contributed by atoms with van der Waals surface area (Å²) in [4.78, 5) is 24.0. The van der Waals surface area contributed by atoms with E-state index >= 15 is 0 Å². The van der Waals surface area contributed by atoms with E-state index in [1.54, 1.807) is 24.3 Å². The molecular formula is C23H19FN2OS2. The summed E-state index contributed by atoms with van der Waals surface area (Å²) in [6.07, 6.45) is 0. The van der Waals surface area contributed by atoms with Crippen molar-refractivity contribution in [2.24, 2.45) is 0 Å². The van der Waals surface area contributed by atoms with E-state index in [-0.39, 0.29) is 17.4 Å². The first-order chi connectivity index (χ1) is 13.9. The SMILES string of the molecule is Cc1nc(SCC(=O)c2ccc(F)c(C)c2)c2c(-c3ccccc3)c(C)sc2n1. The Morgan fingerprint density at radius 2 is 1.83 bits per heavy atom. The maximum atomic E-state index is 13.5. The Balaban J connectivity index is 1.71. The highest BCUT2D eigenvalue weighted by Crippen LogP contribution is 2.41. The lowest BCUT2D eigenvalue weighted by atomic mass is 10.0. The van der Waals surface area contributed by atoms with Gasteiger partial charge in [-0.3, -0.25) is 4.79 Å². The van der Waals surface area contributed by atoms with E-state index in [1.807, 2.05) is 25.1 Å². The molecule has 4 rings (SSSR count). The highest BCUT2D eigenvalue weighted by atomic mass is 32.2. The van der Waals surface area contributed by atoms with Gasteiger partial charge in [0.1, 0.15) is 21.5 Å². The zero-order valence-corrected chi connectivity index (χ0v) is 18.0. The van der Waals surface area contributed by atoms with Crippen LogP contribution in [0.1, 0.15) is 26.6 Å². The van der Waals surface area contributed by atoms with E-state index < -0.39 is 0 Å².